The molecule has 0 aromatic heterocycles. The minimum absolute atomic E-state index is 0.107. The SMILES string of the molecule is [2H]c1c([2H])c(SC(P(=O)(O)O)P(=O)(O)O)c([2H])c([2H])c1Cl. The first-order valence-electron chi connectivity index (χ1n) is 5.81. The first-order valence-corrected chi connectivity index (χ1v) is 8.43. The lowest BCUT2D eigenvalue weighted by Crippen LogP contribution is -2.04. The summed E-state index contributed by atoms with van der Waals surface area (Å²) in [6.07, 6.45) is 0. The van der Waals surface area contributed by atoms with Crippen molar-refractivity contribution in [2.24, 2.45) is 0 Å². The maximum atomic E-state index is 11.2. The Morgan fingerprint density at radius 1 is 1.12 bits per heavy atom. The maximum absolute atomic E-state index is 11.2. The average molecular weight is 323 g/mol. The number of halogens is 1. The van der Waals surface area contributed by atoms with Crippen molar-refractivity contribution in [3.05, 3.63) is 29.2 Å². The highest BCUT2D eigenvalue weighted by molar-refractivity contribution is 8.12. The van der Waals surface area contributed by atoms with Crippen LogP contribution in [0.3, 0.4) is 0 Å². The van der Waals surface area contributed by atoms with Gasteiger partial charge in [-0.2, -0.15) is 0 Å². The summed E-state index contributed by atoms with van der Waals surface area (Å²) >= 11 is 5.44. The van der Waals surface area contributed by atoms with E-state index in [0.717, 1.165) is 0 Å². The van der Waals surface area contributed by atoms with Crippen LogP contribution in [-0.2, 0) is 9.13 Å². The fourth-order valence-electron chi connectivity index (χ4n) is 0.783. The van der Waals surface area contributed by atoms with Crippen LogP contribution in [0.4, 0.5) is 0 Å². The smallest absolute Gasteiger partial charge is 0.323 e. The normalized spacial score (nSPS) is 16.4. The minimum atomic E-state index is -5.27. The lowest BCUT2D eigenvalue weighted by molar-refractivity contribution is 0.352. The van der Waals surface area contributed by atoms with E-state index in [-0.39, 0.29) is 11.8 Å². The van der Waals surface area contributed by atoms with Gasteiger partial charge in [0.25, 0.3) is 0 Å². The van der Waals surface area contributed by atoms with E-state index in [1.165, 1.54) is 0 Å². The van der Waals surface area contributed by atoms with Crippen LogP contribution >= 0.6 is 38.6 Å². The molecule has 6 nitrogen and oxygen atoms in total. The molecule has 17 heavy (non-hydrogen) atoms. The summed E-state index contributed by atoms with van der Waals surface area (Å²) in [5, 5.41) is -0.502. The summed E-state index contributed by atoms with van der Waals surface area (Å²) in [5.41, 5.74) is 0. The molecule has 0 fully saturated rings. The van der Waals surface area contributed by atoms with E-state index in [0.29, 0.717) is 0 Å². The number of rotatable bonds is 4. The molecule has 0 aliphatic carbocycles. The second-order valence-corrected chi connectivity index (χ2v) is 8.75. The van der Waals surface area contributed by atoms with Crippen molar-refractivity contribution in [1.82, 2.24) is 0 Å². The molecule has 0 saturated carbocycles. The Kier molecular flexibility index (Phi) is 3.20. The van der Waals surface area contributed by atoms with Crippen LogP contribution < -0.4 is 0 Å². The molecule has 0 unspecified atom stereocenters. The molecule has 0 radical (unpaired) electrons. The number of hydrogen-bond donors (Lipinski definition) is 4. The highest BCUT2D eigenvalue weighted by Crippen LogP contribution is 2.65. The third-order valence-corrected chi connectivity index (χ3v) is 7.45. The van der Waals surface area contributed by atoms with Crippen molar-refractivity contribution in [3.8, 4) is 0 Å². The van der Waals surface area contributed by atoms with Gasteiger partial charge in [0.1, 0.15) is 0 Å². The molecular weight excluding hydrogens is 310 g/mol. The van der Waals surface area contributed by atoms with Crippen molar-refractivity contribution >= 4 is 38.6 Å². The highest BCUT2D eigenvalue weighted by Gasteiger charge is 2.44. The zero-order chi connectivity index (χ0) is 16.7. The molecular formula is C7H9ClO6P2S. The van der Waals surface area contributed by atoms with E-state index < -0.39 is 54.0 Å². The molecule has 10 heteroatoms. The third-order valence-electron chi connectivity index (χ3n) is 1.37. The molecule has 0 amide bonds. The fraction of sp³-hybridized carbons (Fsp3) is 0.143. The van der Waals surface area contributed by atoms with Crippen LogP contribution in [0.25, 0.3) is 0 Å². The van der Waals surface area contributed by atoms with Crippen LogP contribution in [0.15, 0.2) is 29.1 Å². The van der Waals surface area contributed by atoms with Crippen molar-refractivity contribution in [2.45, 2.75) is 9.63 Å². The molecule has 1 aromatic rings. The lowest BCUT2D eigenvalue weighted by Gasteiger charge is -2.18. The molecule has 4 N–H and O–H groups in total. The van der Waals surface area contributed by atoms with E-state index >= 15 is 0 Å². The molecule has 1 rings (SSSR count). The molecule has 0 aliphatic heterocycles. The fourth-order valence-corrected chi connectivity index (χ4v) is 4.61. The largest absolute Gasteiger partial charge is 0.351 e. The van der Waals surface area contributed by atoms with Crippen molar-refractivity contribution in [1.29, 1.82) is 0 Å². The minimum Gasteiger partial charge on any atom is -0.323 e. The topological polar surface area (TPSA) is 115 Å². The Hall–Kier alpha value is 0.160. The molecule has 0 saturated heterocycles. The van der Waals surface area contributed by atoms with Gasteiger partial charge in [-0.3, -0.25) is 9.13 Å². The van der Waals surface area contributed by atoms with Crippen molar-refractivity contribution in [3.63, 3.8) is 0 Å². The molecule has 1 aromatic carbocycles. The Morgan fingerprint density at radius 3 is 1.88 bits per heavy atom. The summed E-state index contributed by atoms with van der Waals surface area (Å²) in [7, 11) is -10.5. The van der Waals surface area contributed by atoms with Crippen LogP contribution in [0.5, 0.6) is 0 Å². The zero-order valence-electron chi connectivity index (χ0n) is 11.9. The van der Waals surface area contributed by atoms with E-state index in [1.807, 2.05) is 0 Å². The molecule has 0 spiro atoms. The predicted molar refractivity (Wildman–Crippen MR) is 65.2 cm³/mol. The van der Waals surface area contributed by atoms with Gasteiger partial charge < -0.3 is 19.6 Å². The average Bonchev–Trinajstić information content (AvgIpc) is 2.30. The Balaban J connectivity index is 3.49. The lowest BCUT2D eigenvalue weighted by atomic mass is 10.4. The monoisotopic (exact) mass is 322 g/mol. The van der Waals surface area contributed by atoms with Gasteiger partial charge in [-0.25, -0.2) is 0 Å². The Bertz CT molecular complexity index is 625. The summed E-state index contributed by atoms with van der Waals surface area (Å²) in [5.74, 6) is 0. The van der Waals surface area contributed by atoms with Gasteiger partial charge in [0.15, 0.2) is 0 Å². The second kappa shape index (κ2) is 5.43. The van der Waals surface area contributed by atoms with E-state index in [4.69, 9.17) is 36.7 Å². The molecule has 0 bridgehead atoms. The summed E-state index contributed by atoms with van der Waals surface area (Å²) < 4.78 is 49.9. The first-order chi connectivity index (χ1) is 9.28. The van der Waals surface area contributed by atoms with Gasteiger partial charge in [0, 0.05) is 9.92 Å². The standard InChI is InChI=1S/C7H9ClO6P2S/c8-5-1-3-6(4-2-5)17-7(15(9,10)11)16(12,13)14/h1-4,7H,(H2,9,10,11)(H2,12,13,14)/i1D,2D,3D,4D. The third kappa shape index (κ3) is 4.73. The maximum Gasteiger partial charge on any atom is 0.351 e. The molecule has 0 heterocycles. The zero-order valence-corrected chi connectivity index (χ0v) is 11.2. The molecule has 0 atom stereocenters. The molecule has 96 valence electrons. The van der Waals surface area contributed by atoms with Gasteiger partial charge in [-0.05, 0) is 24.2 Å². The highest BCUT2D eigenvalue weighted by atomic mass is 35.5. The van der Waals surface area contributed by atoms with Gasteiger partial charge in [-0.15, -0.1) is 0 Å². The van der Waals surface area contributed by atoms with Crippen molar-refractivity contribution in [2.75, 3.05) is 0 Å². The summed E-state index contributed by atoms with van der Waals surface area (Å²) in [4.78, 5) is 35.4. The summed E-state index contributed by atoms with van der Waals surface area (Å²) in [6, 6.07) is -2.82. The Morgan fingerprint density at radius 2 is 1.53 bits per heavy atom. The van der Waals surface area contributed by atoms with Crippen LogP contribution in [0.1, 0.15) is 5.48 Å². The van der Waals surface area contributed by atoms with Crippen LogP contribution in [-0.4, -0.2) is 24.3 Å². The van der Waals surface area contributed by atoms with E-state index in [9.17, 15) is 9.13 Å². The van der Waals surface area contributed by atoms with Gasteiger partial charge >= 0.3 is 15.2 Å². The van der Waals surface area contributed by atoms with Crippen molar-refractivity contribution < 1.29 is 34.2 Å². The van der Waals surface area contributed by atoms with Crippen LogP contribution in [0.2, 0.25) is 5.02 Å². The number of thioether (sulfide) groups is 1. The van der Waals surface area contributed by atoms with E-state index in [2.05, 4.69) is 0 Å². The second-order valence-electron chi connectivity index (χ2n) is 2.77. The van der Waals surface area contributed by atoms with Crippen LogP contribution in [0, 0.1) is 0 Å². The van der Waals surface area contributed by atoms with Gasteiger partial charge in [0.05, 0.1) is 5.48 Å². The quantitative estimate of drug-likeness (QED) is 0.495. The first kappa shape index (κ1) is 10.0. The van der Waals surface area contributed by atoms with E-state index in [1.54, 1.807) is 0 Å². The predicted octanol–water partition coefficient (Wildman–Crippen LogP) is 2.07. The van der Waals surface area contributed by atoms with Gasteiger partial charge in [0.2, 0.25) is 4.73 Å². The Labute approximate surface area is 112 Å². The molecule has 0 aliphatic rings. The number of hydrogen-bond acceptors (Lipinski definition) is 3. The summed E-state index contributed by atoms with van der Waals surface area (Å²) in [6.45, 7) is 0. The number of benzene rings is 1. The van der Waals surface area contributed by atoms with Gasteiger partial charge in [-0.1, -0.05) is 23.4 Å².